The van der Waals surface area contributed by atoms with Crippen molar-refractivity contribution >= 4 is 104 Å². The van der Waals surface area contributed by atoms with E-state index in [0.717, 1.165) is 88.4 Å². The maximum absolute atomic E-state index is 7.14. The number of fused-ring (bicyclic) bond motifs is 13. The van der Waals surface area contributed by atoms with Gasteiger partial charge in [0.05, 0.1) is 16.8 Å². The number of hydrogen-bond acceptors (Lipinski definition) is 3. The highest BCUT2D eigenvalue weighted by Gasteiger charge is 2.25. The first-order valence-corrected chi connectivity index (χ1v) is 20.8. The van der Waals surface area contributed by atoms with Gasteiger partial charge in [-0.25, -0.2) is 0 Å². The average molecular weight is 778 g/mol. The van der Waals surface area contributed by atoms with Gasteiger partial charge in [-0.3, -0.25) is 0 Å². The first kappa shape index (κ1) is 33.8. The Morgan fingerprint density at radius 1 is 0.295 bits per heavy atom. The van der Waals surface area contributed by atoms with Gasteiger partial charge in [-0.2, -0.15) is 0 Å². The predicted octanol–water partition coefficient (Wildman–Crippen LogP) is 16.9. The number of anilines is 3. The monoisotopic (exact) mass is 777 g/mol. The third-order valence-corrected chi connectivity index (χ3v) is 12.6. The Morgan fingerprint density at radius 3 is 1.61 bits per heavy atom. The lowest BCUT2D eigenvalue weighted by Gasteiger charge is -2.26. The number of para-hydroxylation sites is 2. The Bertz CT molecular complexity index is 3840. The van der Waals surface area contributed by atoms with Crippen LogP contribution in [-0.4, -0.2) is 0 Å². The van der Waals surface area contributed by atoms with Gasteiger partial charge in [-0.1, -0.05) is 164 Å². The highest BCUT2D eigenvalue weighted by atomic mass is 16.3. The van der Waals surface area contributed by atoms with Crippen LogP contribution >= 0.6 is 0 Å². The summed E-state index contributed by atoms with van der Waals surface area (Å²) in [5, 5.41) is 14.1. The highest BCUT2D eigenvalue weighted by molar-refractivity contribution is 6.27. The maximum Gasteiger partial charge on any atom is 0.159 e. The van der Waals surface area contributed by atoms with E-state index in [9.17, 15) is 0 Å². The minimum atomic E-state index is 0.823. The van der Waals surface area contributed by atoms with E-state index in [1.54, 1.807) is 0 Å². The van der Waals surface area contributed by atoms with E-state index in [0.29, 0.717) is 0 Å². The molecule has 2 aromatic heterocycles. The molecule has 0 saturated carbocycles. The minimum Gasteiger partial charge on any atom is -0.455 e. The summed E-state index contributed by atoms with van der Waals surface area (Å²) in [4.78, 5) is 2.35. The van der Waals surface area contributed by atoms with Crippen LogP contribution in [-0.2, 0) is 0 Å². The second-order valence-corrected chi connectivity index (χ2v) is 16.0. The molecule has 13 aromatic rings. The van der Waals surface area contributed by atoms with E-state index in [-0.39, 0.29) is 0 Å². The maximum atomic E-state index is 7.14. The predicted molar refractivity (Wildman–Crippen MR) is 257 cm³/mol. The molecule has 0 atom stereocenters. The fraction of sp³-hybridized carbons (Fsp3) is 0. The molecule has 61 heavy (non-hydrogen) atoms. The molecule has 0 spiro atoms. The van der Waals surface area contributed by atoms with Crippen molar-refractivity contribution in [3.8, 4) is 22.3 Å². The summed E-state index contributed by atoms with van der Waals surface area (Å²) in [5.41, 5.74) is 10.9. The van der Waals surface area contributed by atoms with E-state index in [1.807, 2.05) is 12.1 Å². The molecular formula is C58H35NO2. The normalized spacial score (nSPS) is 11.9. The molecule has 0 aliphatic rings. The Balaban J connectivity index is 1.10. The zero-order chi connectivity index (χ0) is 40.0. The Labute approximate surface area is 350 Å². The van der Waals surface area contributed by atoms with Crippen LogP contribution in [0.1, 0.15) is 0 Å². The van der Waals surface area contributed by atoms with E-state index >= 15 is 0 Å². The van der Waals surface area contributed by atoms with Crippen molar-refractivity contribution in [3.05, 3.63) is 212 Å². The van der Waals surface area contributed by atoms with Crippen molar-refractivity contribution < 1.29 is 8.83 Å². The van der Waals surface area contributed by atoms with Gasteiger partial charge in [0.15, 0.2) is 5.58 Å². The molecule has 0 amide bonds. The van der Waals surface area contributed by atoms with Gasteiger partial charge in [0.1, 0.15) is 16.7 Å². The number of furan rings is 2. The van der Waals surface area contributed by atoms with E-state index in [4.69, 9.17) is 8.83 Å². The molecule has 13 rings (SSSR count). The van der Waals surface area contributed by atoms with Crippen LogP contribution in [0.5, 0.6) is 0 Å². The van der Waals surface area contributed by atoms with Crippen LogP contribution in [0.2, 0.25) is 0 Å². The molecule has 2 heterocycles. The van der Waals surface area contributed by atoms with Crippen molar-refractivity contribution in [1.82, 2.24) is 0 Å². The van der Waals surface area contributed by atoms with Gasteiger partial charge in [0.25, 0.3) is 0 Å². The molecule has 0 aliphatic carbocycles. The molecule has 3 heteroatoms. The van der Waals surface area contributed by atoms with Gasteiger partial charge < -0.3 is 13.7 Å². The lowest BCUT2D eigenvalue weighted by atomic mass is 9.90. The summed E-state index contributed by atoms with van der Waals surface area (Å²) in [7, 11) is 0. The van der Waals surface area contributed by atoms with Crippen LogP contribution in [0, 0.1) is 0 Å². The Kier molecular flexibility index (Phi) is 7.31. The molecule has 0 unspecified atom stereocenters. The molecule has 284 valence electrons. The fourth-order valence-corrected chi connectivity index (χ4v) is 9.89. The second-order valence-electron chi connectivity index (χ2n) is 16.0. The van der Waals surface area contributed by atoms with Crippen LogP contribution < -0.4 is 4.90 Å². The first-order valence-electron chi connectivity index (χ1n) is 20.8. The van der Waals surface area contributed by atoms with Crippen molar-refractivity contribution in [2.24, 2.45) is 0 Å². The molecule has 0 saturated heterocycles. The molecule has 0 radical (unpaired) electrons. The Hall–Kier alpha value is -8.14. The highest BCUT2D eigenvalue weighted by Crippen LogP contribution is 2.49. The smallest absolute Gasteiger partial charge is 0.159 e. The number of nitrogens with zero attached hydrogens (tertiary/aromatic N) is 1. The quantitative estimate of drug-likeness (QED) is 0.163. The van der Waals surface area contributed by atoms with Crippen molar-refractivity contribution in [2.45, 2.75) is 0 Å². The zero-order valence-electron chi connectivity index (χ0n) is 33.0. The van der Waals surface area contributed by atoms with Gasteiger partial charge >= 0.3 is 0 Å². The van der Waals surface area contributed by atoms with Crippen molar-refractivity contribution in [2.75, 3.05) is 4.90 Å². The summed E-state index contributed by atoms with van der Waals surface area (Å²) in [5.74, 6) is 0. The standard InChI is InChI=1S/C58H35NO2/c1-2-14-36(15-3-1)37-28-31-40(32-29-37)59(52-25-12-23-48-47-22-10-11-26-53(47)60-57(48)52)51-24-13-27-54-56(51)50-34-38-16-4-5-17-41(38)55(58(50)61-54)39-30-33-46-44-20-7-6-18-42(44)43-19-8-9-21-45(43)49(46)35-39/h1-35H. The van der Waals surface area contributed by atoms with Crippen LogP contribution in [0.25, 0.3) is 109 Å². The van der Waals surface area contributed by atoms with Gasteiger partial charge in [0.2, 0.25) is 0 Å². The first-order chi connectivity index (χ1) is 30.3. The van der Waals surface area contributed by atoms with E-state index < -0.39 is 0 Å². The summed E-state index contributed by atoms with van der Waals surface area (Å²) in [6.07, 6.45) is 0. The van der Waals surface area contributed by atoms with Crippen LogP contribution in [0.4, 0.5) is 17.1 Å². The molecule has 0 fully saturated rings. The lowest BCUT2D eigenvalue weighted by Crippen LogP contribution is -2.10. The topological polar surface area (TPSA) is 29.5 Å². The number of benzene rings is 11. The van der Waals surface area contributed by atoms with E-state index in [2.05, 4.69) is 205 Å². The molecular weight excluding hydrogens is 743 g/mol. The summed E-state index contributed by atoms with van der Waals surface area (Å²) in [6, 6.07) is 76.1. The minimum absolute atomic E-state index is 0.823. The average Bonchev–Trinajstić information content (AvgIpc) is 3.90. The zero-order valence-corrected chi connectivity index (χ0v) is 33.0. The van der Waals surface area contributed by atoms with Gasteiger partial charge in [-0.15, -0.1) is 0 Å². The SMILES string of the molecule is c1ccc(-c2ccc(N(c3cccc4c3oc3ccccc34)c3cccc4oc5c(-c6ccc7c8ccccc8c8ccccc8c7c6)c6ccccc6cc5c34)cc2)cc1. The molecule has 0 bridgehead atoms. The van der Waals surface area contributed by atoms with E-state index in [1.165, 1.54) is 37.9 Å². The van der Waals surface area contributed by atoms with Crippen LogP contribution in [0.15, 0.2) is 221 Å². The van der Waals surface area contributed by atoms with Crippen molar-refractivity contribution in [3.63, 3.8) is 0 Å². The molecule has 0 aliphatic heterocycles. The lowest BCUT2D eigenvalue weighted by molar-refractivity contribution is 0.668. The number of hydrogen-bond donors (Lipinski definition) is 0. The summed E-state index contributed by atoms with van der Waals surface area (Å²) < 4.78 is 13.9. The summed E-state index contributed by atoms with van der Waals surface area (Å²) in [6.45, 7) is 0. The number of rotatable bonds is 5. The third kappa shape index (κ3) is 5.11. The summed E-state index contributed by atoms with van der Waals surface area (Å²) >= 11 is 0. The van der Waals surface area contributed by atoms with Crippen LogP contribution in [0.3, 0.4) is 0 Å². The van der Waals surface area contributed by atoms with Gasteiger partial charge in [-0.05, 0) is 108 Å². The molecule has 0 N–H and O–H groups in total. The molecule has 11 aromatic carbocycles. The third-order valence-electron chi connectivity index (χ3n) is 12.6. The van der Waals surface area contributed by atoms with Crippen molar-refractivity contribution in [1.29, 1.82) is 0 Å². The Morgan fingerprint density at radius 2 is 0.836 bits per heavy atom. The fourth-order valence-electron chi connectivity index (χ4n) is 9.89. The largest absolute Gasteiger partial charge is 0.455 e. The second kappa shape index (κ2) is 13.2. The van der Waals surface area contributed by atoms with Gasteiger partial charge in [0, 0.05) is 27.4 Å². The molecule has 3 nitrogen and oxygen atoms in total.